The molecule has 5 atom stereocenters. The van der Waals surface area contributed by atoms with Crippen molar-refractivity contribution in [2.75, 3.05) is 31.0 Å². The zero-order valence-corrected chi connectivity index (χ0v) is 23.2. The summed E-state index contributed by atoms with van der Waals surface area (Å²) in [5.41, 5.74) is 4.04. The third kappa shape index (κ3) is 4.42. The average Bonchev–Trinajstić information content (AvgIpc) is 3.12. The number of hydrogen-bond donors (Lipinski definition) is 1. The highest BCUT2D eigenvalue weighted by Crippen LogP contribution is 2.67. The Hall–Kier alpha value is -2.25. The number of nitrogens with zero attached hydrogens (tertiary/aromatic N) is 1. The van der Waals surface area contributed by atoms with Gasteiger partial charge in [-0.05, 0) is 85.3 Å². The molecule has 7 heteroatoms. The van der Waals surface area contributed by atoms with Crippen molar-refractivity contribution in [3.8, 4) is 0 Å². The highest BCUT2D eigenvalue weighted by atomic mass is 32.2. The molecule has 0 aliphatic heterocycles. The molecule has 0 spiro atoms. The van der Waals surface area contributed by atoms with Gasteiger partial charge >= 0.3 is 0 Å². The van der Waals surface area contributed by atoms with E-state index in [0.29, 0.717) is 19.3 Å². The second-order valence-corrected chi connectivity index (χ2v) is 14.4. The zero-order valence-electron chi connectivity index (χ0n) is 22.4. The fourth-order valence-electron chi connectivity index (χ4n) is 7.91. The first-order chi connectivity index (χ1) is 17.3. The Morgan fingerprint density at radius 2 is 1.81 bits per heavy atom. The highest BCUT2D eigenvalue weighted by molar-refractivity contribution is 7.90. The molecule has 2 fully saturated rings. The van der Waals surface area contributed by atoms with E-state index in [9.17, 15) is 23.1 Å². The fraction of sp³-hybridized carbons (Fsp3) is 0.600. The monoisotopic (exact) mass is 525 g/mol. The molecule has 200 valence electrons. The third-order valence-electron chi connectivity index (χ3n) is 9.86. The number of anilines is 1. The Labute approximate surface area is 220 Å². The van der Waals surface area contributed by atoms with E-state index in [2.05, 4.69) is 36.1 Å². The van der Waals surface area contributed by atoms with Crippen LogP contribution in [0.2, 0.25) is 0 Å². The van der Waals surface area contributed by atoms with E-state index in [1.54, 1.807) is 0 Å². The van der Waals surface area contributed by atoms with E-state index in [0.717, 1.165) is 37.6 Å². The van der Waals surface area contributed by atoms with Crippen molar-refractivity contribution in [3.63, 3.8) is 0 Å². The molecule has 1 aromatic rings. The number of Topliss-reactive ketones (excluding diaryl/α,β-unsaturated/α-hetero) is 1. The molecule has 0 radical (unpaired) electrons. The Balaban J connectivity index is 1.60. The van der Waals surface area contributed by atoms with Crippen LogP contribution >= 0.6 is 0 Å². The van der Waals surface area contributed by atoms with Crippen molar-refractivity contribution >= 4 is 27.1 Å². The minimum absolute atomic E-state index is 0.0432. The smallest absolute Gasteiger partial charge is 0.165 e. The molecule has 6 nitrogen and oxygen atoms in total. The van der Waals surface area contributed by atoms with Gasteiger partial charge in [0.15, 0.2) is 11.6 Å². The van der Waals surface area contributed by atoms with Crippen LogP contribution in [0.3, 0.4) is 0 Å². The Morgan fingerprint density at radius 1 is 1.11 bits per heavy atom. The normalized spacial score (nSPS) is 33.4. The summed E-state index contributed by atoms with van der Waals surface area (Å²) in [4.78, 5) is 27.8. The summed E-state index contributed by atoms with van der Waals surface area (Å²) in [6.07, 6.45) is 7.68. The van der Waals surface area contributed by atoms with E-state index in [-0.39, 0.29) is 41.5 Å². The summed E-state index contributed by atoms with van der Waals surface area (Å²) >= 11 is 0. The second kappa shape index (κ2) is 9.19. The van der Waals surface area contributed by atoms with Crippen molar-refractivity contribution in [3.05, 3.63) is 52.6 Å². The van der Waals surface area contributed by atoms with Crippen LogP contribution in [-0.2, 0) is 19.4 Å². The molecule has 2 unspecified atom stereocenters. The van der Waals surface area contributed by atoms with Crippen molar-refractivity contribution in [1.29, 1.82) is 0 Å². The molecule has 37 heavy (non-hydrogen) atoms. The molecule has 0 aromatic heterocycles. The summed E-state index contributed by atoms with van der Waals surface area (Å²) in [7, 11) is 0.724. The molecule has 1 N–H and O–H groups in total. The van der Waals surface area contributed by atoms with Gasteiger partial charge in [-0.25, -0.2) is 8.42 Å². The molecular weight excluding hydrogens is 486 g/mol. The van der Waals surface area contributed by atoms with Crippen molar-refractivity contribution in [2.45, 2.75) is 69.8 Å². The van der Waals surface area contributed by atoms with Gasteiger partial charge in [0.2, 0.25) is 0 Å². The van der Waals surface area contributed by atoms with E-state index in [1.165, 1.54) is 22.3 Å². The third-order valence-corrected chi connectivity index (χ3v) is 10.8. The van der Waals surface area contributed by atoms with Gasteiger partial charge in [-0.2, -0.15) is 0 Å². The summed E-state index contributed by atoms with van der Waals surface area (Å²) in [6.45, 7) is 2.07. The van der Waals surface area contributed by atoms with Crippen LogP contribution in [0.25, 0.3) is 0 Å². The first-order valence-electron chi connectivity index (χ1n) is 13.5. The Kier molecular flexibility index (Phi) is 6.55. The second-order valence-electron chi connectivity index (χ2n) is 12.2. The van der Waals surface area contributed by atoms with Crippen molar-refractivity contribution in [1.82, 2.24) is 0 Å². The molecule has 4 aliphatic rings. The maximum Gasteiger partial charge on any atom is 0.165 e. The fourth-order valence-corrected chi connectivity index (χ4v) is 8.47. The zero-order chi connectivity index (χ0) is 26.8. The van der Waals surface area contributed by atoms with Crippen LogP contribution in [0.15, 0.2) is 47.1 Å². The van der Waals surface area contributed by atoms with Crippen molar-refractivity contribution in [2.24, 2.45) is 17.3 Å². The SMILES string of the molecule is CN(C)c1ccc([C@H]2C[C@@]3(C)C(CC[C@]3(O)C(=O)CCS(C)(=O)=O)C3CCC4=CC(=O)CCC4=C32)cc1. The van der Waals surface area contributed by atoms with E-state index >= 15 is 0 Å². The number of benzene rings is 1. The standard InChI is InChI=1S/C30H39NO5S/c1-29-18-25(19-5-8-21(9-6-19)31(2)3)28-23-12-10-22(32)17-20(23)7-11-24(28)26(29)13-15-30(29,34)27(33)14-16-37(4,35)36/h5-6,8-9,17,24-26,34H,7,10-16,18H2,1-4H3/t24?,25-,26?,29+,30+/m1/s1. The lowest BCUT2D eigenvalue weighted by molar-refractivity contribution is -0.154. The highest BCUT2D eigenvalue weighted by Gasteiger charge is 2.65. The molecule has 1 aromatic carbocycles. The molecule has 5 rings (SSSR count). The van der Waals surface area contributed by atoms with Crippen LogP contribution < -0.4 is 4.90 Å². The van der Waals surface area contributed by atoms with Gasteiger partial charge in [0, 0.05) is 50.2 Å². The maximum atomic E-state index is 13.5. The summed E-state index contributed by atoms with van der Waals surface area (Å²) < 4.78 is 23.6. The van der Waals surface area contributed by atoms with E-state index < -0.39 is 20.9 Å². The van der Waals surface area contributed by atoms with E-state index in [1.807, 2.05) is 20.2 Å². The predicted octanol–water partition coefficient (Wildman–Crippen LogP) is 4.39. The van der Waals surface area contributed by atoms with Gasteiger partial charge in [-0.1, -0.05) is 24.6 Å². The number of aliphatic hydroxyl groups is 1. The van der Waals surface area contributed by atoms with Crippen LogP contribution in [0.1, 0.15) is 69.8 Å². The van der Waals surface area contributed by atoms with Gasteiger partial charge in [0.1, 0.15) is 15.4 Å². The van der Waals surface area contributed by atoms with Gasteiger partial charge < -0.3 is 10.0 Å². The number of carbonyl (C=O) groups excluding carboxylic acids is 2. The van der Waals surface area contributed by atoms with Gasteiger partial charge in [-0.3, -0.25) is 9.59 Å². The number of rotatable bonds is 6. The molecule has 0 saturated heterocycles. The topological polar surface area (TPSA) is 91.8 Å². The number of allylic oxidation sites excluding steroid dienone is 4. The lowest BCUT2D eigenvalue weighted by Crippen LogP contribution is -2.55. The van der Waals surface area contributed by atoms with Gasteiger partial charge in [-0.15, -0.1) is 0 Å². The predicted molar refractivity (Wildman–Crippen MR) is 145 cm³/mol. The largest absolute Gasteiger partial charge is 0.381 e. The first-order valence-corrected chi connectivity index (χ1v) is 15.6. The summed E-state index contributed by atoms with van der Waals surface area (Å²) in [6, 6.07) is 8.57. The average molecular weight is 526 g/mol. The lowest BCUT2D eigenvalue weighted by Gasteiger charge is -2.54. The minimum atomic E-state index is -3.30. The van der Waals surface area contributed by atoms with Crippen LogP contribution in [0.4, 0.5) is 5.69 Å². The van der Waals surface area contributed by atoms with Crippen LogP contribution in [0, 0.1) is 17.3 Å². The lowest BCUT2D eigenvalue weighted by atomic mass is 9.50. The van der Waals surface area contributed by atoms with Crippen LogP contribution in [-0.4, -0.2) is 56.8 Å². The number of fused-ring (bicyclic) bond motifs is 4. The van der Waals surface area contributed by atoms with Gasteiger partial charge in [0.05, 0.1) is 5.75 Å². The summed E-state index contributed by atoms with van der Waals surface area (Å²) in [5.74, 6) is 0.0813. The minimum Gasteiger partial charge on any atom is -0.381 e. The Morgan fingerprint density at radius 3 is 2.46 bits per heavy atom. The molecule has 0 amide bonds. The number of carbonyl (C=O) groups is 2. The molecule has 4 aliphatic carbocycles. The maximum absolute atomic E-state index is 13.5. The summed E-state index contributed by atoms with van der Waals surface area (Å²) in [5, 5.41) is 12.0. The molecular formula is C30H39NO5S. The number of sulfone groups is 1. The molecule has 0 heterocycles. The van der Waals surface area contributed by atoms with E-state index in [4.69, 9.17) is 0 Å². The first kappa shape index (κ1) is 26.4. The Bertz CT molecular complexity index is 1290. The number of hydrogen-bond acceptors (Lipinski definition) is 6. The molecule has 2 saturated carbocycles. The van der Waals surface area contributed by atoms with Gasteiger partial charge in [0.25, 0.3) is 0 Å². The molecule has 0 bridgehead atoms. The van der Waals surface area contributed by atoms with Crippen LogP contribution in [0.5, 0.6) is 0 Å². The quantitative estimate of drug-likeness (QED) is 0.592. The number of ketones is 2. The van der Waals surface area contributed by atoms with Crippen molar-refractivity contribution < 1.29 is 23.1 Å².